The second kappa shape index (κ2) is 28.3. The van der Waals surface area contributed by atoms with Crippen molar-refractivity contribution in [3.8, 4) is 0 Å². The third kappa shape index (κ3) is 16.9. The van der Waals surface area contributed by atoms with Crippen LogP contribution in [0.5, 0.6) is 0 Å². The van der Waals surface area contributed by atoms with Crippen molar-refractivity contribution in [2.75, 3.05) is 31.1 Å². The fraction of sp³-hybridized carbons (Fsp3) is 0.727. The van der Waals surface area contributed by atoms with Crippen molar-refractivity contribution >= 4 is 60.1 Å². The Morgan fingerprint density at radius 2 is 1.06 bits per heavy atom. The molecule has 5 unspecified atom stereocenters. The standard InChI is InChI=1S/C22H36N4O8S.C14H29NO2.C8H8ClN3O6S/c1-6-11-24(15-20-33-16(7-2)14-22(8-3,9-4)34-20)21-18(25(27)28)12-17(13-19(21)26(29)30)35(31,32)23-10-5;1-5-9-12(15)13-16-11(6-2)10-14(7-3,8-4)17-13;1-2-10-19(17,18)5-3-6(11(13)14)8(9)7(4-5)12(15)16/h12-13,16,20,23H,6-11,14-15H2,1-5H3;11-13H,5-10,15H2,1-4H3;3-4,10H,2H2,1H3. The van der Waals surface area contributed by atoms with E-state index in [1.165, 1.54) is 18.7 Å². The summed E-state index contributed by atoms with van der Waals surface area (Å²) in [6.07, 6.45) is 8.94. The van der Waals surface area contributed by atoms with Crippen LogP contribution in [0.15, 0.2) is 34.1 Å². The van der Waals surface area contributed by atoms with Gasteiger partial charge in [0.2, 0.25) is 20.0 Å². The maximum absolute atomic E-state index is 12.5. The first kappa shape index (κ1) is 62.9. The molecule has 2 fully saturated rings. The molecule has 2 saturated heterocycles. The van der Waals surface area contributed by atoms with E-state index in [-0.39, 0.29) is 55.9 Å². The number of nitrogens with one attached hydrogen (secondary N) is 2. The van der Waals surface area contributed by atoms with Gasteiger partial charge in [-0.25, -0.2) is 26.3 Å². The topological polar surface area (TPSA) is 331 Å². The van der Waals surface area contributed by atoms with E-state index in [1.54, 1.807) is 0 Å². The molecule has 0 aromatic heterocycles. The predicted molar refractivity (Wildman–Crippen MR) is 268 cm³/mol. The molecule has 27 heteroatoms. The van der Waals surface area contributed by atoms with Crippen LogP contribution in [0.4, 0.5) is 28.4 Å². The average Bonchev–Trinajstić information content (AvgIpc) is 3.33. The van der Waals surface area contributed by atoms with E-state index < -0.39 is 89.2 Å². The minimum Gasteiger partial charge on any atom is -0.355 e. The summed E-state index contributed by atoms with van der Waals surface area (Å²) in [5.41, 5.74) is 2.46. The van der Waals surface area contributed by atoms with Crippen molar-refractivity contribution in [3.05, 3.63) is 69.7 Å². The van der Waals surface area contributed by atoms with Crippen molar-refractivity contribution < 1.29 is 55.5 Å². The van der Waals surface area contributed by atoms with Gasteiger partial charge in [-0.1, -0.05) is 87.3 Å². The monoisotopic (exact) mass is 1070 g/mol. The highest BCUT2D eigenvalue weighted by Gasteiger charge is 2.43. The Bertz CT molecular complexity index is 2270. The van der Waals surface area contributed by atoms with E-state index in [1.807, 2.05) is 27.7 Å². The first-order valence-corrected chi connectivity index (χ1v) is 27.4. The Morgan fingerprint density at radius 3 is 1.41 bits per heavy atom. The molecule has 0 spiro atoms. The van der Waals surface area contributed by atoms with Gasteiger partial charge in [-0.3, -0.25) is 40.5 Å². The number of benzene rings is 2. The van der Waals surface area contributed by atoms with Gasteiger partial charge in [0.1, 0.15) is 0 Å². The fourth-order valence-electron chi connectivity index (χ4n) is 8.25. The van der Waals surface area contributed by atoms with E-state index >= 15 is 0 Å². The zero-order chi connectivity index (χ0) is 54.1. The summed E-state index contributed by atoms with van der Waals surface area (Å²) >= 11 is 5.50. The van der Waals surface area contributed by atoms with Gasteiger partial charge in [-0.05, 0) is 51.4 Å². The Hall–Kier alpha value is -4.25. The maximum Gasteiger partial charge on any atom is 0.301 e. The van der Waals surface area contributed by atoms with Gasteiger partial charge in [0.25, 0.3) is 11.4 Å². The summed E-state index contributed by atoms with van der Waals surface area (Å²) < 4.78 is 77.2. The summed E-state index contributed by atoms with van der Waals surface area (Å²) in [4.78, 5) is 42.3. The zero-order valence-corrected chi connectivity index (χ0v) is 44.7. The lowest BCUT2D eigenvalue weighted by molar-refractivity contribution is -0.394. The van der Waals surface area contributed by atoms with Crippen molar-refractivity contribution in [2.45, 2.75) is 192 Å². The lowest BCUT2D eigenvalue weighted by Gasteiger charge is -2.45. The number of halogens is 1. The third-order valence-electron chi connectivity index (χ3n) is 12.4. The number of nitrogens with zero attached hydrogens (tertiary/aromatic N) is 5. The molecule has 0 aliphatic carbocycles. The van der Waals surface area contributed by atoms with Gasteiger partial charge >= 0.3 is 11.4 Å². The second-order valence-electron chi connectivity index (χ2n) is 17.1. The largest absolute Gasteiger partial charge is 0.355 e. The Morgan fingerprint density at radius 1 is 0.662 bits per heavy atom. The van der Waals surface area contributed by atoms with Gasteiger partial charge in [0.05, 0.1) is 65.5 Å². The molecule has 2 aliphatic heterocycles. The van der Waals surface area contributed by atoms with Crippen LogP contribution in [0.25, 0.3) is 0 Å². The molecule has 0 saturated carbocycles. The highest BCUT2D eigenvalue weighted by atomic mass is 35.5. The van der Waals surface area contributed by atoms with Crippen LogP contribution in [0.3, 0.4) is 0 Å². The van der Waals surface area contributed by atoms with Gasteiger partial charge in [0.15, 0.2) is 23.3 Å². The quantitative estimate of drug-likeness (QED) is 0.0653. The fourth-order valence-corrected chi connectivity index (χ4v) is 10.7. The number of nitrogens with two attached hydrogens (primary N) is 1. The van der Waals surface area contributed by atoms with Gasteiger partial charge in [-0.2, -0.15) is 0 Å². The Balaban J connectivity index is 0.000000403. The van der Waals surface area contributed by atoms with Crippen molar-refractivity contribution in [3.63, 3.8) is 0 Å². The summed E-state index contributed by atoms with van der Waals surface area (Å²) in [5.74, 6) is 0. The number of hydrogen-bond donors (Lipinski definition) is 3. The number of sulfonamides is 2. The van der Waals surface area contributed by atoms with Crippen LogP contribution in [0.2, 0.25) is 5.02 Å². The van der Waals surface area contributed by atoms with Crippen LogP contribution >= 0.6 is 11.6 Å². The number of ether oxygens (including phenoxy) is 4. The molecule has 5 atom stereocenters. The van der Waals surface area contributed by atoms with Crippen LogP contribution < -0.4 is 20.1 Å². The number of hydrogen-bond acceptors (Lipinski definition) is 18. The summed E-state index contributed by atoms with van der Waals surface area (Å²) in [7, 11) is -8.22. The van der Waals surface area contributed by atoms with E-state index in [2.05, 4.69) is 37.1 Å². The minimum atomic E-state index is -4.16. The van der Waals surface area contributed by atoms with Gasteiger partial charge in [0, 0.05) is 56.7 Å². The predicted octanol–water partition coefficient (Wildman–Crippen LogP) is 8.79. The lowest BCUT2D eigenvalue weighted by atomic mass is 9.88. The molecule has 2 aromatic rings. The number of anilines is 1. The molecule has 0 radical (unpaired) electrons. The highest BCUT2D eigenvalue weighted by molar-refractivity contribution is 7.89. The third-order valence-corrected chi connectivity index (χ3v) is 15.8. The first-order valence-electron chi connectivity index (χ1n) is 24.0. The summed E-state index contributed by atoms with van der Waals surface area (Å²) in [6.45, 7) is 20.0. The normalized spacial score (nSPS) is 20.1. The molecule has 0 bridgehead atoms. The van der Waals surface area contributed by atoms with Gasteiger partial charge in [-0.15, -0.1) is 0 Å². The van der Waals surface area contributed by atoms with Crippen molar-refractivity contribution in [1.29, 1.82) is 0 Å². The average molecular weight is 1070 g/mol. The van der Waals surface area contributed by atoms with Crippen LogP contribution in [0.1, 0.15) is 140 Å². The number of nitro benzene ring substituents is 4. The van der Waals surface area contributed by atoms with Crippen LogP contribution in [-0.2, 0) is 39.0 Å². The van der Waals surface area contributed by atoms with Crippen molar-refractivity contribution in [2.24, 2.45) is 5.73 Å². The highest BCUT2D eigenvalue weighted by Crippen LogP contribution is 2.43. The molecule has 2 aromatic carbocycles. The molecule has 0 amide bonds. The van der Waals surface area contributed by atoms with E-state index in [0.717, 1.165) is 76.3 Å². The second-order valence-corrected chi connectivity index (χ2v) is 21.0. The smallest absolute Gasteiger partial charge is 0.301 e. The molecule has 71 heavy (non-hydrogen) atoms. The SMILES string of the molecule is CCCC(N)C1OC(CC)CC(CC)(CC)O1.CCCN(CC1OC(CC)CC(CC)(CC)O1)c1c([N+](=O)[O-])cc(S(=O)(=O)NCC)cc1[N+](=O)[O-].CCNS(=O)(=O)c1cc([N+](=O)[O-])c(Cl)c([N+](=O)[O-])c1. The van der Waals surface area contributed by atoms with E-state index in [4.69, 9.17) is 36.3 Å². The van der Waals surface area contributed by atoms with E-state index in [9.17, 15) is 57.3 Å². The lowest BCUT2D eigenvalue weighted by Crippen LogP contribution is -2.53. The van der Waals surface area contributed by atoms with Crippen LogP contribution in [0, 0.1) is 40.5 Å². The molecular formula is C44H73ClN8O16S2. The first-order chi connectivity index (χ1) is 33.3. The Labute approximate surface area is 421 Å². The van der Waals surface area contributed by atoms with Gasteiger partial charge < -0.3 is 29.6 Å². The van der Waals surface area contributed by atoms with Crippen molar-refractivity contribution in [1.82, 2.24) is 9.44 Å². The minimum absolute atomic E-state index is 0.00632. The molecule has 404 valence electrons. The molecule has 2 aliphatic rings. The zero-order valence-electron chi connectivity index (χ0n) is 42.3. The molecular weight excluding hydrogens is 996 g/mol. The number of nitro groups is 4. The van der Waals surface area contributed by atoms with E-state index in [0.29, 0.717) is 24.7 Å². The summed E-state index contributed by atoms with van der Waals surface area (Å²) in [5, 5.41) is 44.7. The molecule has 4 N–H and O–H groups in total. The molecule has 2 heterocycles. The number of rotatable bonds is 24. The Kier molecular flexibility index (Phi) is 25.0. The molecule has 24 nitrogen and oxygen atoms in total. The molecule has 4 rings (SSSR count). The maximum atomic E-state index is 12.5. The van der Waals surface area contributed by atoms with Crippen LogP contribution in [-0.4, -0.2) is 105 Å². The summed E-state index contributed by atoms with van der Waals surface area (Å²) in [6, 6.07) is 3.08.